The van der Waals surface area contributed by atoms with Crippen molar-refractivity contribution < 1.29 is 27.1 Å². The number of fused-ring (bicyclic) bond motifs is 2. The Kier molecular flexibility index (Phi) is 6.04. The predicted molar refractivity (Wildman–Crippen MR) is 126 cm³/mol. The Morgan fingerprint density at radius 1 is 1.16 bits per heavy atom. The first-order chi connectivity index (χ1) is 17.6. The number of rotatable bonds is 7. The molecule has 3 aromatic heterocycles. The Hall–Kier alpha value is -4.09. The van der Waals surface area contributed by atoms with Gasteiger partial charge in [0.1, 0.15) is 23.4 Å². The molecule has 37 heavy (non-hydrogen) atoms. The van der Waals surface area contributed by atoms with Crippen LogP contribution in [-0.4, -0.2) is 49.8 Å². The number of carbonyl (C=O) groups is 1. The van der Waals surface area contributed by atoms with Crippen LogP contribution in [0.3, 0.4) is 0 Å². The zero-order chi connectivity index (χ0) is 26.4. The average Bonchev–Trinajstić information content (AvgIpc) is 3.34. The van der Waals surface area contributed by atoms with Gasteiger partial charge in [-0.25, -0.2) is 4.39 Å². The van der Waals surface area contributed by atoms with E-state index in [1.165, 1.54) is 10.7 Å². The second-order valence-electron chi connectivity index (χ2n) is 9.24. The average molecular weight is 514 g/mol. The number of hydrogen-bond donors (Lipinski definition) is 1. The highest BCUT2D eigenvalue weighted by atomic mass is 19.4. The van der Waals surface area contributed by atoms with Crippen LogP contribution in [0.2, 0.25) is 0 Å². The van der Waals surface area contributed by atoms with E-state index in [1.807, 2.05) is 0 Å². The van der Waals surface area contributed by atoms with E-state index in [1.54, 1.807) is 50.4 Å². The molecule has 1 unspecified atom stereocenters. The number of carbonyl (C=O) groups excluding carboxylic acids is 1. The van der Waals surface area contributed by atoms with Gasteiger partial charge in [0.2, 0.25) is 5.88 Å². The molecule has 1 aromatic carbocycles. The number of anilines is 1. The first kappa shape index (κ1) is 24.6. The largest absolute Gasteiger partial charge is 0.477 e. The van der Waals surface area contributed by atoms with Gasteiger partial charge >= 0.3 is 6.18 Å². The first-order valence-corrected chi connectivity index (χ1v) is 11.5. The lowest BCUT2D eigenvalue weighted by atomic mass is 9.82. The summed E-state index contributed by atoms with van der Waals surface area (Å²) in [6.07, 6.45) is -3.16. The van der Waals surface area contributed by atoms with E-state index in [9.17, 15) is 22.4 Å². The highest BCUT2D eigenvalue weighted by Gasteiger charge is 2.44. The monoisotopic (exact) mass is 514 g/mol. The number of nitrogens with zero attached hydrogens (tertiary/aromatic N) is 5. The molecule has 0 saturated carbocycles. The van der Waals surface area contributed by atoms with Crippen molar-refractivity contribution in [1.82, 2.24) is 24.7 Å². The number of alkyl halides is 3. The van der Waals surface area contributed by atoms with Gasteiger partial charge in [0.05, 0.1) is 35.8 Å². The van der Waals surface area contributed by atoms with Crippen molar-refractivity contribution in [3.05, 3.63) is 65.2 Å². The molecule has 1 aliphatic rings. The van der Waals surface area contributed by atoms with Crippen LogP contribution >= 0.6 is 0 Å². The quantitative estimate of drug-likeness (QED) is 0.286. The van der Waals surface area contributed by atoms with Crippen molar-refractivity contribution in [2.24, 2.45) is 0 Å². The molecule has 0 spiro atoms. The van der Waals surface area contributed by atoms with E-state index in [2.05, 4.69) is 25.4 Å². The standard InChI is InChI=1S/C25H22F4N6O2/c1-24(2)18(13-36)31-21-19(24)22(37-11-9-25(27,28)29)33-23(32-21)35-17-8-5-10-30-20(17)16(34-35)12-14-6-3-4-7-15(14)26/h3-8,10,13,18H,9,11-12H2,1-2H3,(H,31,32,33). The molecule has 192 valence electrons. The summed E-state index contributed by atoms with van der Waals surface area (Å²) in [6.45, 7) is 2.85. The summed E-state index contributed by atoms with van der Waals surface area (Å²) in [4.78, 5) is 25.1. The fourth-order valence-electron chi connectivity index (χ4n) is 4.37. The van der Waals surface area contributed by atoms with Gasteiger partial charge in [-0.3, -0.25) is 4.98 Å². The minimum atomic E-state index is -4.41. The Labute approximate surface area is 208 Å². The molecule has 0 radical (unpaired) electrons. The maximum absolute atomic E-state index is 14.3. The lowest BCUT2D eigenvalue weighted by Gasteiger charge is -2.24. The second kappa shape index (κ2) is 9.09. The summed E-state index contributed by atoms with van der Waals surface area (Å²) in [5.74, 6) is -0.193. The van der Waals surface area contributed by atoms with Gasteiger partial charge in [-0.15, -0.1) is 0 Å². The molecule has 1 atom stereocenters. The van der Waals surface area contributed by atoms with E-state index < -0.39 is 30.7 Å². The summed E-state index contributed by atoms with van der Waals surface area (Å²) in [6, 6.07) is 9.03. The van der Waals surface area contributed by atoms with Crippen molar-refractivity contribution in [1.29, 1.82) is 0 Å². The van der Waals surface area contributed by atoms with Crippen LogP contribution in [0, 0.1) is 5.82 Å². The molecule has 4 heterocycles. The Balaban J connectivity index is 1.62. The number of nitrogens with one attached hydrogen (secondary N) is 1. The Morgan fingerprint density at radius 3 is 2.68 bits per heavy atom. The molecule has 8 nitrogen and oxygen atoms in total. The number of hydrogen-bond acceptors (Lipinski definition) is 7. The highest BCUT2D eigenvalue weighted by Crippen LogP contribution is 2.44. The van der Waals surface area contributed by atoms with Gasteiger partial charge in [-0.05, 0) is 23.8 Å². The third kappa shape index (κ3) is 4.58. The van der Waals surface area contributed by atoms with E-state index in [-0.39, 0.29) is 29.9 Å². The molecule has 0 aliphatic carbocycles. The van der Waals surface area contributed by atoms with Crippen molar-refractivity contribution in [2.75, 3.05) is 11.9 Å². The minimum absolute atomic E-state index is 0.00777. The normalized spacial score (nSPS) is 16.4. The zero-order valence-electron chi connectivity index (χ0n) is 19.9. The van der Waals surface area contributed by atoms with Crippen molar-refractivity contribution >= 4 is 23.1 Å². The van der Waals surface area contributed by atoms with Crippen molar-refractivity contribution in [3.63, 3.8) is 0 Å². The SMILES string of the molecule is CC1(C)c2c(nc(-n3nc(Cc4ccccc4F)c4ncccc43)nc2OCCC(F)(F)F)NC1C=O. The molecular formula is C25H22F4N6O2. The lowest BCUT2D eigenvalue weighted by molar-refractivity contribution is -0.139. The molecule has 1 aliphatic heterocycles. The fourth-order valence-corrected chi connectivity index (χ4v) is 4.37. The predicted octanol–water partition coefficient (Wildman–Crippen LogP) is 4.54. The van der Waals surface area contributed by atoms with Gasteiger partial charge in [0.15, 0.2) is 0 Å². The molecule has 0 fully saturated rings. The molecule has 0 saturated heterocycles. The van der Waals surface area contributed by atoms with E-state index in [0.717, 1.165) is 0 Å². The van der Waals surface area contributed by atoms with E-state index in [0.29, 0.717) is 34.1 Å². The molecule has 0 bridgehead atoms. The van der Waals surface area contributed by atoms with Gasteiger partial charge in [0, 0.05) is 18.0 Å². The molecule has 0 amide bonds. The molecule has 5 rings (SSSR count). The summed E-state index contributed by atoms with van der Waals surface area (Å²) in [7, 11) is 0. The lowest BCUT2D eigenvalue weighted by Crippen LogP contribution is -2.34. The summed E-state index contributed by atoms with van der Waals surface area (Å²) >= 11 is 0. The Morgan fingerprint density at radius 2 is 1.95 bits per heavy atom. The van der Waals surface area contributed by atoms with E-state index >= 15 is 0 Å². The first-order valence-electron chi connectivity index (χ1n) is 11.5. The zero-order valence-corrected chi connectivity index (χ0v) is 19.9. The van der Waals surface area contributed by atoms with Gasteiger partial charge < -0.3 is 14.8 Å². The van der Waals surface area contributed by atoms with Crippen molar-refractivity contribution in [2.45, 2.75) is 44.3 Å². The van der Waals surface area contributed by atoms with Crippen LogP contribution in [0.5, 0.6) is 5.88 Å². The number of aromatic nitrogens is 5. The molecule has 1 N–H and O–H groups in total. The van der Waals surface area contributed by atoms with Crippen LogP contribution in [0.1, 0.15) is 37.1 Å². The maximum atomic E-state index is 14.3. The van der Waals surface area contributed by atoms with Crippen LogP contribution in [-0.2, 0) is 16.6 Å². The second-order valence-corrected chi connectivity index (χ2v) is 9.24. The van der Waals surface area contributed by atoms with E-state index in [4.69, 9.17) is 4.74 Å². The molecule has 12 heteroatoms. The number of aldehydes is 1. The summed E-state index contributed by atoms with van der Waals surface area (Å²) in [5.41, 5.74) is 1.45. The van der Waals surface area contributed by atoms with Crippen LogP contribution in [0.25, 0.3) is 17.0 Å². The third-order valence-corrected chi connectivity index (χ3v) is 6.35. The molecular weight excluding hydrogens is 492 g/mol. The van der Waals surface area contributed by atoms with Gasteiger partial charge in [-0.2, -0.15) is 32.9 Å². The Bertz CT molecular complexity index is 1480. The maximum Gasteiger partial charge on any atom is 0.392 e. The number of halogens is 4. The van der Waals surface area contributed by atoms with Crippen molar-refractivity contribution in [3.8, 4) is 11.8 Å². The van der Waals surface area contributed by atoms with Crippen LogP contribution in [0.15, 0.2) is 42.6 Å². The third-order valence-electron chi connectivity index (χ3n) is 6.35. The highest BCUT2D eigenvalue weighted by molar-refractivity contribution is 5.80. The van der Waals surface area contributed by atoms with Gasteiger partial charge in [-0.1, -0.05) is 32.0 Å². The number of benzene rings is 1. The fraction of sp³-hybridized carbons (Fsp3) is 0.320. The van der Waals surface area contributed by atoms with Gasteiger partial charge in [0.25, 0.3) is 5.95 Å². The molecule has 4 aromatic rings. The number of pyridine rings is 1. The topological polar surface area (TPSA) is 94.8 Å². The smallest absolute Gasteiger partial charge is 0.392 e. The minimum Gasteiger partial charge on any atom is -0.477 e. The summed E-state index contributed by atoms with van der Waals surface area (Å²) in [5, 5.41) is 7.59. The van der Waals surface area contributed by atoms with Crippen LogP contribution in [0.4, 0.5) is 23.4 Å². The van der Waals surface area contributed by atoms with Crippen LogP contribution < -0.4 is 10.1 Å². The number of ether oxygens (including phenoxy) is 1. The summed E-state index contributed by atoms with van der Waals surface area (Å²) < 4.78 is 59.7.